The Labute approximate surface area is 143 Å². The Morgan fingerprint density at radius 3 is 2.38 bits per heavy atom. The van der Waals surface area contributed by atoms with Crippen molar-refractivity contribution in [1.82, 2.24) is 20.5 Å². The van der Waals surface area contributed by atoms with Crippen LogP contribution < -0.4 is 16.0 Å². The molecule has 0 atom stereocenters. The Morgan fingerprint density at radius 1 is 1.24 bits per heavy atom. The summed E-state index contributed by atoms with van der Waals surface area (Å²) in [6, 6.07) is 4.00. The van der Waals surface area contributed by atoms with Crippen LogP contribution in [0.3, 0.4) is 0 Å². The Kier molecular flexibility index (Phi) is 9.07. The summed E-state index contributed by atoms with van der Waals surface area (Å²) in [6.07, 6.45) is 4.04. The van der Waals surface area contributed by atoms with Gasteiger partial charge in [0.2, 0.25) is 5.91 Å². The number of nitrogens with one attached hydrogen (secondary N) is 3. The van der Waals surface area contributed by atoms with E-state index in [2.05, 4.69) is 25.5 Å². The molecule has 0 saturated carbocycles. The van der Waals surface area contributed by atoms with E-state index in [0.29, 0.717) is 12.5 Å². The molecule has 1 aromatic heterocycles. The monoisotopic (exact) mass is 407 g/mol. The van der Waals surface area contributed by atoms with Gasteiger partial charge in [0.05, 0.1) is 5.41 Å². The van der Waals surface area contributed by atoms with Crippen molar-refractivity contribution in [2.24, 2.45) is 10.4 Å². The van der Waals surface area contributed by atoms with Crippen LogP contribution in [0, 0.1) is 5.41 Å². The average molecular weight is 407 g/mol. The molecule has 0 spiro atoms. The van der Waals surface area contributed by atoms with Gasteiger partial charge in [0.1, 0.15) is 0 Å². The molecule has 0 unspecified atom stereocenters. The summed E-state index contributed by atoms with van der Waals surface area (Å²) in [5.41, 5.74) is -0.479. The lowest BCUT2D eigenvalue weighted by molar-refractivity contribution is -0.128. The molecular weight excluding hydrogens is 381 g/mol. The number of guanidine groups is 1. The molecule has 1 amide bonds. The van der Waals surface area contributed by atoms with Gasteiger partial charge < -0.3 is 20.5 Å². The number of rotatable bonds is 6. The second-order valence-corrected chi connectivity index (χ2v) is 5.24. The van der Waals surface area contributed by atoms with E-state index in [9.17, 15) is 4.79 Å². The van der Waals surface area contributed by atoms with Gasteiger partial charge in [-0.15, -0.1) is 24.0 Å². The number of halogens is 1. The number of carbonyl (C=O) groups is 1. The van der Waals surface area contributed by atoms with Crippen molar-refractivity contribution in [1.29, 1.82) is 0 Å². The standard InChI is InChI=1S/C14H25N5O.HI/c1-14(2,12(20)15-3)11-18-13(16-4)17-7-10-19-8-5-6-9-19;/h5-6,8-9H,7,10-11H2,1-4H3,(H,15,20)(H2,16,17,18);1H. The zero-order valence-electron chi connectivity index (χ0n) is 13.1. The molecular formula is C14H26IN5O. The fraction of sp³-hybridized carbons (Fsp3) is 0.571. The van der Waals surface area contributed by atoms with Crippen molar-refractivity contribution in [3.8, 4) is 0 Å². The zero-order valence-corrected chi connectivity index (χ0v) is 15.5. The van der Waals surface area contributed by atoms with Crippen molar-refractivity contribution >= 4 is 35.8 Å². The minimum atomic E-state index is -0.479. The van der Waals surface area contributed by atoms with Gasteiger partial charge in [-0.25, -0.2) is 0 Å². The molecule has 0 bridgehead atoms. The minimum absolute atomic E-state index is 0. The van der Waals surface area contributed by atoms with E-state index < -0.39 is 5.41 Å². The second-order valence-electron chi connectivity index (χ2n) is 5.24. The fourth-order valence-corrected chi connectivity index (χ4v) is 1.77. The van der Waals surface area contributed by atoms with Crippen molar-refractivity contribution in [3.05, 3.63) is 24.5 Å². The first kappa shape index (κ1) is 19.8. The predicted molar refractivity (Wildman–Crippen MR) is 97.1 cm³/mol. The van der Waals surface area contributed by atoms with Crippen LogP contribution in [-0.4, -0.2) is 43.6 Å². The first-order valence-corrected chi connectivity index (χ1v) is 6.77. The lowest BCUT2D eigenvalue weighted by Gasteiger charge is -2.24. The van der Waals surface area contributed by atoms with Gasteiger partial charge in [-0.2, -0.15) is 0 Å². The third kappa shape index (κ3) is 6.83. The van der Waals surface area contributed by atoms with E-state index in [-0.39, 0.29) is 29.9 Å². The van der Waals surface area contributed by atoms with Crippen molar-refractivity contribution in [3.63, 3.8) is 0 Å². The van der Waals surface area contributed by atoms with Gasteiger partial charge in [-0.3, -0.25) is 9.79 Å². The van der Waals surface area contributed by atoms with E-state index in [1.807, 2.05) is 38.4 Å². The van der Waals surface area contributed by atoms with Gasteiger partial charge in [0.25, 0.3) is 0 Å². The Bertz CT molecular complexity index is 442. The summed E-state index contributed by atoms with van der Waals surface area (Å²) in [4.78, 5) is 15.8. The van der Waals surface area contributed by atoms with Crippen molar-refractivity contribution in [2.45, 2.75) is 20.4 Å². The van der Waals surface area contributed by atoms with E-state index >= 15 is 0 Å². The molecule has 1 aromatic rings. The number of aromatic nitrogens is 1. The molecule has 6 nitrogen and oxygen atoms in total. The van der Waals surface area contributed by atoms with Crippen LogP contribution in [0.2, 0.25) is 0 Å². The van der Waals surface area contributed by atoms with E-state index in [0.717, 1.165) is 13.1 Å². The molecule has 3 N–H and O–H groups in total. The Balaban J connectivity index is 0.00000400. The molecule has 120 valence electrons. The fourth-order valence-electron chi connectivity index (χ4n) is 1.77. The molecule has 0 aliphatic carbocycles. The Morgan fingerprint density at radius 2 is 1.86 bits per heavy atom. The summed E-state index contributed by atoms with van der Waals surface area (Å²) in [5, 5.41) is 9.06. The smallest absolute Gasteiger partial charge is 0.227 e. The molecule has 1 heterocycles. The molecule has 0 radical (unpaired) electrons. The maximum atomic E-state index is 11.7. The maximum Gasteiger partial charge on any atom is 0.227 e. The highest BCUT2D eigenvalue weighted by atomic mass is 127. The lowest BCUT2D eigenvalue weighted by atomic mass is 9.92. The summed E-state index contributed by atoms with van der Waals surface area (Å²) < 4.78 is 2.09. The summed E-state index contributed by atoms with van der Waals surface area (Å²) in [5.74, 6) is 0.710. The predicted octanol–water partition coefficient (Wildman–Crippen LogP) is 1.04. The van der Waals surface area contributed by atoms with Gasteiger partial charge in [0, 0.05) is 46.1 Å². The summed E-state index contributed by atoms with van der Waals surface area (Å²) in [7, 11) is 3.37. The third-order valence-corrected chi connectivity index (χ3v) is 3.09. The van der Waals surface area contributed by atoms with Crippen LogP contribution in [0.5, 0.6) is 0 Å². The largest absolute Gasteiger partial charge is 0.359 e. The average Bonchev–Trinajstić information content (AvgIpc) is 2.94. The first-order chi connectivity index (χ1) is 9.49. The van der Waals surface area contributed by atoms with Crippen molar-refractivity contribution < 1.29 is 4.79 Å². The number of hydrogen-bond donors (Lipinski definition) is 3. The van der Waals surface area contributed by atoms with Crippen LogP contribution in [0.15, 0.2) is 29.5 Å². The van der Waals surface area contributed by atoms with Gasteiger partial charge in [-0.1, -0.05) is 0 Å². The number of hydrogen-bond acceptors (Lipinski definition) is 2. The first-order valence-electron chi connectivity index (χ1n) is 6.77. The molecule has 0 aliphatic heterocycles. The molecule has 0 aliphatic rings. The second kappa shape index (κ2) is 9.64. The highest BCUT2D eigenvalue weighted by molar-refractivity contribution is 14.0. The minimum Gasteiger partial charge on any atom is -0.359 e. The summed E-state index contributed by atoms with van der Waals surface area (Å²) >= 11 is 0. The molecule has 7 heteroatoms. The number of carbonyl (C=O) groups excluding carboxylic acids is 1. The lowest BCUT2D eigenvalue weighted by Crippen LogP contribution is -2.47. The van der Waals surface area contributed by atoms with Crippen LogP contribution in [-0.2, 0) is 11.3 Å². The van der Waals surface area contributed by atoms with E-state index in [1.165, 1.54) is 0 Å². The van der Waals surface area contributed by atoms with Crippen molar-refractivity contribution in [2.75, 3.05) is 27.2 Å². The van der Waals surface area contributed by atoms with Crippen LogP contribution in [0.25, 0.3) is 0 Å². The molecule has 0 fully saturated rings. The van der Waals surface area contributed by atoms with E-state index in [4.69, 9.17) is 0 Å². The topological polar surface area (TPSA) is 70.5 Å². The highest BCUT2D eigenvalue weighted by Gasteiger charge is 2.26. The van der Waals surface area contributed by atoms with Crippen LogP contribution in [0.4, 0.5) is 0 Å². The Hall–Kier alpha value is -1.25. The van der Waals surface area contributed by atoms with Crippen LogP contribution >= 0.6 is 24.0 Å². The number of amides is 1. The maximum absolute atomic E-state index is 11.7. The number of nitrogens with zero attached hydrogens (tertiary/aromatic N) is 2. The molecule has 21 heavy (non-hydrogen) atoms. The zero-order chi connectivity index (χ0) is 15.0. The highest BCUT2D eigenvalue weighted by Crippen LogP contribution is 2.12. The van der Waals surface area contributed by atoms with Crippen LogP contribution in [0.1, 0.15) is 13.8 Å². The van der Waals surface area contributed by atoms with Gasteiger partial charge >= 0.3 is 0 Å². The summed E-state index contributed by atoms with van der Waals surface area (Å²) in [6.45, 7) is 5.95. The normalized spacial score (nSPS) is 11.5. The van der Waals surface area contributed by atoms with Gasteiger partial charge in [-0.05, 0) is 26.0 Å². The molecule has 0 saturated heterocycles. The quantitative estimate of drug-likeness (QED) is 0.375. The van der Waals surface area contributed by atoms with E-state index in [1.54, 1.807) is 14.1 Å². The molecule has 0 aromatic carbocycles. The number of aliphatic imine (C=N–C) groups is 1. The third-order valence-electron chi connectivity index (χ3n) is 3.09. The molecule has 1 rings (SSSR count). The SMILES string of the molecule is CN=C(NCCn1cccc1)NCC(C)(C)C(=O)NC.I. The van der Waals surface area contributed by atoms with Gasteiger partial charge in [0.15, 0.2) is 5.96 Å².